The van der Waals surface area contributed by atoms with E-state index in [-0.39, 0.29) is 0 Å². The molecule has 0 amide bonds. The van der Waals surface area contributed by atoms with E-state index in [1.807, 2.05) is 13.1 Å². The molecule has 0 aromatic carbocycles. The molecule has 1 aliphatic heterocycles. The van der Waals surface area contributed by atoms with Crippen LogP contribution in [0.4, 0.5) is 11.6 Å². The van der Waals surface area contributed by atoms with Crippen LogP contribution in [0.25, 0.3) is 0 Å². The van der Waals surface area contributed by atoms with Crippen molar-refractivity contribution in [2.45, 2.75) is 19.4 Å². The van der Waals surface area contributed by atoms with Gasteiger partial charge in [-0.2, -0.15) is 0 Å². The summed E-state index contributed by atoms with van der Waals surface area (Å²) in [6.45, 7) is 2.86. The molecule has 1 aliphatic rings. The standard InChI is InChI=1S/C14H18N6/c1-19(10-12-9-15-4-5-16-12)13-8-14(18-11-17-13)20-6-2-3-7-20/h4-5,8-9,11H,2-3,6-7,10H2,1H3. The van der Waals surface area contributed by atoms with Crippen LogP contribution in [0.3, 0.4) is 0 Å². The molecule has 104 valence electrons. The van der Waals surface area contributed by atoms with E-state index in [1.54, 1.807) is 24.9 Å². The highest BCUT2D eigenvalue weighted by Gasteiger charge is 2.15. The van der Waals surface area contributed by atoms with Crippen LogP contribution in [0, 0.1) is 0 Å². The third-order valence-corrected chi connectivity index (χ3v) is 3.48. The van der Waals surface area contributed by atoms with E-state index in [9.17, 15) is 0 Å². The van der Waals surface area contributed by atoms with Crippen LogP contribution in [0.1, 0.15) is 18.5 Å². The summed E-state index contributed by atoms with van der Waals surface area (Å²) in [7, 11) is 2.00. The lowest BCUT2D eigenvalue weighted by Crippen LogP contribution is -2.22. The van der Waals surface area contributed by atoms with Gasteiger partial charge < -0.3 is 9.80 Å². The highest BCUT2D eigenvalue weighted by atomic mass is 15.2. The van der Waals surface area contributed by atoms with E-state index in [1.165, 1.54) is 12.8 Å². The molecule has 1 fully saturated rings. The topological polar surface area (TPSA) is 58.0 Å². The summed E-state index contributed by atoms with van der Waals surface area (Å²) >= 11 is 0. The van der Waals surface area contributed by atoms with Gasteiger partial charge in [0, 0.05) is 38.6 Å². The predicted octanol–water partition coefficient (Wildman–Crippen LogP) is 1.50. The Hall–Kier alpha value is -2.24. The Balaban J connectivity index is 1.74. The van der Waals surface area contributed by atoms with E-state index in [0.29, 0.717) is 6.54 Å². The van der Waals surface area contributed by atoms with Crippen LogP contribution in [0.2, 0.25) is 0 Å². The van der Waals surface area contributed by atoms with Crippen LogP contribution in [0.15, 0.2) is 31.0 Å². The maximum atomic E-state index is 4.37. The first kappa shape index (κ1) is 12.8. The zero-order valence-electron chi connectivity index (χ0n) is 11.6. The zero-order chi connectivity index (χ0) is 13.8. The molecular formula is C14H18N6. The van der Waals surface area contributed by atoms with Gasteiger partial charge in [-0.05, 0) is 12.8 Å². The molecule has 0 unspecified atom stereocenters. The fourth-order valence-corrected chi connectivity index (χ4v) is 2.40. The maximum Gasteiger partial charge on any atom is 0.134 e. The molecule has 0 spiro atoms. The van der Waals surface area contributed by atoms with Gasteiger partial charge in [0.1, 0.15) is 18.0 Å². The summed E-state index contributed by atoms with van der Waals surface area (Å²) in [6, 6.07) is 2.04. The number of hydrogen-bond acceptors (Lipinski definition) is 6. The van der Waals surface area contributed by atoms with E-state index in [4.69, 9.17) is 0 Å². The van der Waals surface area contributed by atoms with Crippen LogP contribution in [-0.2, 0) is 6.54 Å². The van der Waals surface area contributed by atoms with Gasteiger partial charge in [-0.15, -0.1) is 0 Å². The summed E-state index contributed by atoms with van der Waals surface area (Å²) in [6.07, 6.45) is 9.29. The molecule has 6 heteroatoms. The Morgan fingerprint density at radius 2 is 2.00 bits per heavy atom. The Bertz CT molecular complexity index is 553. The smallest absolute Gasteiger partial charge is 0.134 e. The van der Waals surface area contributed by atoms with Crippen molar-refractivity contribution >= 4 is 11.6 Å². The van der Waals surface area contributed by atoms with Gasteiger partial charge in [0.25, 0.3) is 0 Å². The Morgan fingerprint density at radius 3 is 2.75 bits per heavy atom. The molecule has 1 saturated heterocycles. The van der Waals surface area contributed by atoms with Gasteiger partial charge in [-0.25, -0.2) is 9.97 Å². The van der Waals surface area contributed by atoms with Crippen molar-refractivity contribution < 1.29 is 0 Å². The number of nitrogens with zero attached hydrogens (tertiary/aromatic N) is 6. The molecule has 2 aromatic heterocycles. The largest absolute Gasteiger partial charge is 0.356 e. The first-order valence-electron chi connectivity index (χ1n) is 6.86. The highest BCUT2D eigenvalue weighted by Crippen LogP contribution is 2.21. The number of aromatic nitrogens is 4. The van der Waals surface area contributed by atoms with Crippen molar-refractivity contribution in [2.24, 2.45) is 0 Å². The minimum absolute atomic E-state index is 0.685. The van der Waals surface area contributed by atoms with Crippen molar-refractivity contribution in [3.63, 3.8) is 0 Å². The second-order valence-corrected chi connectivity index (χ2v) is 4.98. The Morgan fingerprint density at radius 1 is 1.15 bits per heavy atom. The van der Waals surface area contributed by atoms with Crippen molar-refractivity contribution in [1.29, 1.82) is 0 Å². The van der Waals surface area contributed by atoms with Crippen molar-refractivity contribution in [3.05, 3.63) is 36.7 Å². The first-order chi connectivity index (χ1) is 9.83. The van der Waals surface area contributed by atoms with Crippen LogP contribution in [-0.4, -0.2) is 40.1 Å². The monoisotopic (exact) mass is 270 g/mol. The average Bonchev–Trinajstić information content (AvgIpc) is 3.03. The zero-order valence-corrected chi connectivity index (χ0v) is 11.6. The number of anilines is 2. The SMILES string of the molecule is CN(Cc1cnccn1)c1cc(N2CCCC2)ncn1. The second kappa shape index (κ2) is 5.81. The lowest BCUT2D eigenvalue weighted by atomic mass is 10.4. The molecule has 6 nitrogen and oxygen atoms in total. The maximum absolute atomic E-state index is 4.37. The third-order valence-electron chi connectivity index (χ3n) is 3.48. The molecule has 0 bridgehead atoms. The molecule has 0 N–H and O–H groups in total. The van der Waals surface area contributed by atoms with Crippen molar-refractivity contribution in [1.82, 2.24) is 19.9 Å². The Kier molecular flexibility index (Phi) is 3.71. The van der Waals surface area contributed by atoms with Gasteiger partial charge in [-0.3, -0.25) is 9.97 Å². The molecule has 3 heterocycles. The van der Waals surface area contributed by atoms with E-state index >= 15 is 0 Å². The average molecular weight is 270 g/mol. The van der Waals surface area contributed by atoms with Gasteiger partial charge in [0.15, 0.2) is 0 Å². The normalized spacial score (nSPS) is 14.6. The summed E-state index contributed by atoms with van der Waals surface area (Å²) in [5.74, 6) is 1.92. The summed E-state index contributed by atoms with van der Waals surface area (Å²) in [4.78, 5) is 21.5. The molecular weight excluding hydrogens is 252 g/mol. The predicted molar refractivity (Wildman–Crippen MR) is 77.6 cm³/mol. The van der Waals surface area contributed by atoms with Crippen molar-refractivity contribution in [2.75, 3.05) is 29.9 Å². The van der Waals surface area contributed by atoms with Gasteiger partial charge in [0.05, 0.1) is 18.4 Å². The molecule has 3 rings (SSSR count). The highest BCUT2D eigenvalue weighted by molar-refractivity contribution is 5.50. The summed E-state index contributed by atoms with van der Waals surface area (Å²) in [5.41, 5.74) is 0.927. The van der Waals surface area contributed by atoms with Crippen LogP contribution in [0.5, 0.6) is 0 Å². The minimum Gasteiger partial charge on any atom is -0.356 e. The number of rotatable bonds is 4. The van der Waals surface area contributed by atoms with Gasteiger partial charge >= 0.3 is 0 Å². The van der Waals surface area contributed by atoms with E-state index in [2.05, 4.69) is 29.7 Å². The molecule has 2 aromatic rings. The third kappa shape index (κ3) is 2.84. The van der Waals surface area contributed by atoms with Gasteiger partial charge in [0.2, 0.25) is 0 Å². The van der Waals surface area contributed by atoms with E-state index < -0.39 is 0 Å². The molecule has 0 aliphatic carbocycles. The first-order valence-corrected chi connectivity index (χ1v) is 6.86. The molecule has 0 radical (unpaired) electrons. The fraction of sp³-hybridized carbons (Fsp3) is 0.429. The lowest BCUT2D eigenvalue weighted by molar-refractivity contribution is 0.845. The molecule has 20 heavy (non-hydrogen) atoms. The molecule has 0 saturated carbocycles. The van der Waals surface area contributed by atoms with Crippen LogP contribution < -0.4 is 9.80 Å². The quantitative estimate of drug-likeness (QED) is 0.839. The fourth-order valence-electron chi connectivity index (χ4n) is 2.40. The molecule has 0 atom stereocenters. The second-order valence-electron chi connectivity index (χ2n) is 4.98. The lowest BCUT2D eigenvalue weighted by Gasteiger charge is -2.21. The minimum atomic E-state index is 0.685. The number of hydrogen-bond donors (Lipinski definition) is 0. The van der Waals surface area contributed by atoms with Gasteiger partial charge in [-0.1, -0.05) is 0 Å². The summed E-state index contributed by atoms with van der Waals surface area (Å²) < 4.78 is 0. The van der Waals surface area contributed by atoms with Crippen LogP contribution >= 0.6 is 0 Å². The summed E-state index contributed by atoms with van der Waals surface area (Å²) in [5, 5.41) is 0. The van der Waals surface area contributed by atoms with E-state index in [0.717, 1.165) is 30.4 Å². The Labute approximate surface area is 118 Å². The van der Waals surface area contributed by atoms with Crippen molar-refractivity contribution in [3.8, 4) is 0 Å².